The highest BCUT2D eigenvalue weighted by molar-refractivity contribution is 9.10. The molecule has 0 saturated carbocycles. The van der Waals surface area contributed by atoms with Crippen molar-refractivity contribution >= 4 is 21.7 Å². The average molecular weight is 254 g/mol. The van der Waals surface area contributed by atoms with Gasteiger partial charge in [-0.1, -0.05) is 5.57 Å². The van der Waals surface area contributed by atoms with Crippen LogP contribution in [-0.2, 0) is 11.2 Å². The normalized spacial score (nSPS) is 9.64. The van der Waals surface area contributed by atoms with Gasteiger partial charge in [-0.3, -0.25) is 9.78 Å². The largest absolute Gasteiger partial charge is 0.294 e. The maximum absolute atomic E-state index is 11.4. The van der Waals surface area contributed by atoms with Crippen LogP contribution in [0.25, 0.3) is 0 Å². The monoisotopic (exact) mass is 253 g/mol. The first-order valence-electron chi connectivity index (χ1n) is 4.36. The maximum atomic E-state index is 11.4. The summed E-state index contributed by atoms with van der Waals surface area (Å²) in [5.41, 5.74) is 1.80. The number of aromatic nitrogens is 1. The Morgan fingerprint density at radius 1 is 1.57 bits per heavy atom. The molecule has 1 aromatic heterocycles. The van der Waals surface area contributed by atoms with Gasteiger partial charge in [0.1, 0.15) is 0 Å². The summed E-state index contributed by atoms with van der Waals surface area (Å²) in [6.45, 7) is 3.82. The lowest BCUT2D eigenvalue weighted by molar-refractivity contribution is -0.114. The minimum atomic E-state index is 0.0874. The molecule has 0 unspecified atom stereocenters. The van der Waals surface area contributed by atoms with E-state index in [1.54, 1.807) is 12.3 Å². The van der Waals surface area contributed by atoms with Gasteiger partial charge in [-0.2, -0.15) is 0 Å². The molecule has 0 aliphatic heterocycles. The zero-order valence-corrected chi connectivity index (χ0v) is 9.84. The summed E-state index contributed by atoms with van der Waals surface area (Å²) in [7, 11) is 0. The fraction of sp³-hybridized carbons (Fsp3) is 0.273. The number of nitrogens with zero attached hydrogens (tertiary/aromatic N) is 1. The summed E-state index contributed by atoms with van der Waals surface area (Å²) in [4.78, 5) is 15.6. The molecule has 14 heavy (non-hydrogen) atoms. The second-order valence-electron chi connectivity index (χ2n) is 3.30. The van der Waals surface area contributed by atoms with E-state index in [-0.39, 0.29) is 5.78 Å². The first-order valence-corrected chi connectivity index (χ1v) is 5.16. The van der Waals surface area contributed by atoms with Crippen LogP contribution in [0, 0.1) is 0 Å². The number of ketones is 1. The van der Waals surface area contributed by atoms with Crippen LogP contribution in [0.1, 0.15) is 19.5 Å². The molecule has 0 fully saturated rings. The first kappa shape index (κ1) is 11.1. The quantitative estimate of drug-likeness (QED) is 0.776. The third kappa shape index (κ3) is 3.42. The molecule has 0 spiro atoms. The lowest BCUT2D eigenvalue weighted by Gasteiger charge is -1.99. The van der Waals surface area contributed by atoms with E-state index in [0.717, 1.165) is 15.7 Å². The standard InChI is InChI=1S/C11H12BrNO/c1-8(2)6-9(14)7-11-10(12)4-3-5-13-11/h3-6H,7H2,1-2H3. The minimum absolute atomic E-state index is 0.0874. The van der Waals surface area contributed by atoms with Crippen molar-refractivity contribution < 1.29 is 4.79 Å². The predicted octanol–water partition coefficient (Wildman–Crippen LogP) is 2.92. The third-order valence-corrected chi connectivity index (χ3v) is 2.35. The molecule has 0 aliphatic rings. The molecule has 0 aliphatic carbocycles. The molecule has 74 valence electrons. The lowest BCUT2D eigenvalue weighted by atomic mass is 10.1. The van der Waals surface area contributed by atoms with E-state index in [1.165, 1.54) is 0 Å². The summed E-state index contributed by atoms with van der Waals surface area (Å²) in [6, 6.07) is 3.72. The first-order chi connectivity index (χ1) is 6.59. The Balaban J connectivity index is 2.75. The molecule has 3 heteroatoms. The molecule has 1 aromatic rings. The van der Waals surface area contributed by atoms with Crippen molar-refractivity contribution in [1.29, 1.82) is 0 Å². The molecule has 0 N–H and O–H groups in total. The number of rotatable bonds is 3. The highest BCUT2D eigenvalue weighted by atomic mass is 79.9. The van der Waals surface area contributed by atoms with Crippen molar-refractivity contribution in [2.75, 3.05) is 0 Å². The van der Waals surface area contributed by atoms with E-state index < -0.39 is 0 Å². The van der Waals surface area contributed by atoms with Crippen LogP contribution in [0.5, 0.6) is 0 Å². The summed E-state index contributed by atoms with van der Waals surface area (Å²) >= 11 is 3.36. The van der Waals surface area contributed by atoms with E-state index >= 15 is 0 Å². The fourth-order valence-corrected chi connectivity index (χ4v) is 1.48. The highest BCUT2D eigenvalue weighted by Gasteiger charge is 2.04. The number of halogens is 1. The van der Waals surface area contributed by atoms with Crippen molar-refractivity contribution in [1.82, 2.24) is 4.98 Å². The second-order valence-corrected chi connectivity index (χ2v) is 4.15. The molecule has 0 saturated heterocycles. The van der Waals surface area contributed by atoms with Crippen LogP contribution in [0.15, 0.2) is 34.5 Å². The molecule has 2 nitrogen and oxygen atoms in total. The van der Waals surface area contributed by atoms with Crippen molar-refractivity contribution in [3.05, 3.63) is 40.1 Å². The van der Waals surface area contributed by atoms with Gasteiger partial charge in [-0.25, -0.2) is 0 Å². The zero-order chi connectivity index (χ0) is 10.6. The number of carbonyl (C=O) groups excluding carboxylic acids is 1. The van der Waals surface area contributed by atoms with Crippen LogP contribution in [0.4, 0.5) is 0 Å². The third-order valence-electron chi connectivity index (χ3n) is 1.63. The van der Waals surface area contributed by atoms with Gasteiger partial charge >= 0.3 is 0 Å². The van der Waals surface area contributed by atoms with Gasteiger partial charge in [0.2, 0.25) is 0 Å². The molecule has 0 amide bonds. The number of hydrogen-bond acceptors (Lipinski definition) is 2. The van der Waals surface area contributed by atoms with Gasteiger partial charge in [-0.05, 0) is 48.0 Å². The Kier molecular flexibility index (Phi) is 4.01. The number of carbonyl (C=O) groups is 1. The molecule has 0 aromatic carbocycles. The van der Waals surface area contributed by atoms with Gasteiger partial charge in [0, 0.05) is 10.7 Å². The summed E-state index contributed by atoms with van der Waals surface area (Å²) in [6.07, 6.45) is 3.68. The van der Waals surface area contributed by atoms with Crippen molar-refractivity contribution in [2.45, 2.75) is 20.3 Å². The number of pyridine rings is 1. The summed E-state index contributed by atoms with van der Waals surface area (Å²) in [5, 5.41) is 0. The molecular formula is C11H12BrNO. The number of hydrogen-bond donors (Lipinski definition) is 0. The Bertz CT molecular complexity index is 367. The molecular weight excluding hydrogens is 242 g/mol. The smallest absolute Gasteiger partial charge is 0.161 e. The van der Waals surface area contributed by atoms with E-state index in [0.29, 0.717) is 6.42 Å². The molecule has 0 bridgehead atoms. The average Bonchev–Trinajstić information content (AvgIpc) is 2.07. The van der Waals surface area contributed by atoms with Crippen molar-refractivity contribution in [3.8, 4) is 0 Å². The van der Waals surface area contributed by atoms with Crippen molar-refractivity contribution in [2.24, 2.45) is 0 Å². The van der Waals surface area contributed by atoms with Crippen LogP contribution in [0.2, 0.25) is 0 Å². The lowest BCUT2D eigenvalue weighted by Crippen LogP contribution is -2.02. The Labute approximate surface area is 92.2 Å². The van der Waals surface area contributed by atoms with Gasteiger partial charge in [0.15, 0.2) is 5.78 Å². The van der Waals surface area contributed by atoms with E-state index in [9.17, 15) is 4.79 Å². The SMILES string of the molecule is CC(C)=CC(=O)Cc1ncccc1Br. The van der Waals surface area contributed by atoms with Crippen LogP contribution >= 0.6 is 15.9 Å². The Morgan fingerprint density at radius 3 is 2.86 bits per heavy atom. The summed E-state index contributed by atoms with van der Waals surface area (Å²) in [5.74, 6) is 0.0874. The van der Waals surface area contributed by atoms with Crippen LogP contribution in [-0.4, -0.2) is 10.8 Å². The topological polar surface area (TPSA) is 30.0 Å². The predicted molar refractivity (Wildman–Crippen MR) is 60.1 cm³/mol. The van der Waals surface area contributed by atoms with Crippen LogP contribution in [0.3, 0.4) is 0 Å². The van der Waals surface area contributed by atoms with Gasteiger partial charge in [0.25, 0.3) is 0 Å². The Morgan fingerprint density at radius 2 is 2.29 bits per heavy atom. The van der Waals surface area contributed by atoms with Gasteiger partial charge in [-0.15, -0.1) is 0 Å². The fourth-order valence-electron chi connectivity index (χ4n) is 1.09. The second kappa shape index (κ2) is 5.05. The molecule has 1 heterocycles. The van der Waals surface area contributed by atoms with Gasteiger partial charge in [0.05, 0.1) is 12.1 Å². The zero-order valence-electron chi connectivity index (χ0n) is 8.25. The highest BCUT2D eigenvalue weighted by Crippen LogP contribution is 2.14. The van der Waals surface area contributed by atoms with E-state index in [2.05, 4.69) is 20.9 Å². The minimum Gasteiger partial charge on any atom is -0.294 e. The molecule has 0 radical (unpaired) electrons. The van der Waals surface area contributed by atoms with Crippen molar-refractivity contribution in [3.63, 3.8) is 0 Å². The maximum Gasteiger partial charge on any atom is 0.161 e. The van der Waals surface area contributed by atoms with E-state index in [1.807, 2.05) is 26.0 Å². The summed E-state index contributed by atoms with van der Waals surface area (Å²) < 4.78 is 0.885. The Hall–Kier alpha value is -0.960. The van der Waals surface area contributed by atoms with E-state index in [4.69, 9.17) is 0 Å². The number of allylic oxidation sites excluding steroid dienone is 2. The molecule has 1 rings (SSSR count). The van der Waals surface area contributed by atoms with Gasteiger partial charge < -0.3 is 0 Å². The molecule has 0 atom stereocenters. The van der Waals surface area contributed by atoms with Crippen LogP contribution < -0.4 is 0 Å².